The van der Waals surface area contributed by atoms with Crippen LogP contribution >= 0.6 is 0 Å². The molecule has 0 aromatic carbocycles. The van der Waals surface area contributed by atoms with Gasteiger partial charge in [0.2, 0.25) is 11.8 Å². The fourth-order valence-electron chi connectivity index (χ4n) is 2.85. The molecule has 2 aliphatic rings. The van der Waals surface area contributed by atoms with Crippen molar-refractivity contribution in [2.24, 2.45) is 11.8 Å². The summed E-state index contributed by atoms with van der Waals surface area (Å²) in [5.74, 6) is -2.04. The van der Waals surface area contributed by atoms with E-state index in [9.17, 15) is 14.4 Å². The van der Waals surface area contributed by atoms with Gasteiger partial charge in [0.15, 0.2) is 0 Å². The highest BCUT2D eigenvalue weighted by Gasteiger charge is 2.52. The van der Waals surface area contributed by atoms with Gasteiger partial charge < -0.3 is 5.11 Å². The Bertz CT molecular complexity index is 412. The van der Waals surface area contributed by atoms with E-state index in [0.29, 0.717) is 12.8 Å². The molecular weight excluding hydrogens is 234 g/mol. The van der Waals surface area contributed by atoms with Crippen molar-refractivity contribution in [3.8, 4) is 0 Å². The number of allylic oxidation sites excluding steroid dienone is 2. The van der Waals surface area contributed by atoms with Crippen LogP contribution < -0.4 is 0 Å². The van der Waals surface area contributed by atoms with Crippen LogP contribution in [0.15, 0.2) is 12.2 Å². The first kappa shape index (κ1) is 12.8. The molecule has 1 aliphatic heterocycles. The maximum atomic E-state index is 12.3. The molecule has 2 rings (SSSR count). The third-order valence-electron chi connectivity index (χ3n) is 3.70. The van der Waals surface area contributed by atoms with Gasteiger partial charge in [-0.3, -0.25) is 19.3 Å². The molecule has 1 N–H and O–H groups in total. The van der Waals surface area contributed by atoms with Gasteiger partial charge in [-0.05, 0) is 26.7 Å². The Hall–Kier alpha value is -1.65. The predicted octanol–water partition coefficient (Wildman–Crippen LogP) is 1.19. The van der Waals surface area contributed by atoms with Crippen LogP contribution in [0.4, 0.5) is 0 Å². The first-order chi connectivity index (χ1) is 8.34. The van der Waals surface area contributed by atoms with Crippen molar-refractivity contribution in [1.82, 2.24) is 4.90 Å². The number of nitrogens with zero attached hydrogens (tertiary/aromatic N) is 1. The fraction of sp³-hybridized carbons (Fsp3) is 0.615. The Morgan fingerprint density at radius 2 is 1.72 bits per heavy atom. The van der Waals surface area contributed by atoms with E-state index in [1.807, 2.05) is 12.2 Å². The minimum absolute atomic E-state index is 0.222. The summed E-state index contributed by atoms with van der Waals surface area (Å²) in [6.45, 7) is 3.25. The van der Waals surface area contributed by atoms with Gasteiger partial charge in [0.1, 0.15) is 0 Å². The molecule has 18 heavy (non-hydrogen) atoms. The molecule has 2 atom stereocenters. The average Bonchev–Trinajstić information content (AvgIpc) is 2.51. The van der Waals surface area contributed by atoms with Gasteiger partial charge in [0.25, 0.3) is 0 Å². The van der Waals surface area contributed by atoms with E-state index in [1.165, 1.54) is 4.90 Å². The fourth-order valence-corrected chi connectivity index (χ4v) is 2.85. The van der Waals surface area contributed by atoms with Crippen LogP contribution in [0.3, 0.4) is 0 Å². The Morgan fingerprint density at radius 1 is 1.28 bits per heavy atom. The Morgan fingerprint density at radius 3 is 2.11 bits per heavy atom. The van der Waals surface area contributed by atoms with Gasteiger partial charge in [0, 0.05) is 0 Å². The molecular formula is C13H17NO4. The van der Waals surface area contributed by atoms with Gasteiger partial charge >= 0.3 is 5.97 Å². The number of likely N-dealkylation sites (tertiary alicyclic amines) is 1. The number of imide groups is 1. The summed E-state index contributed by atoms with van der Waals surface area (Å²) in [6, 6.07) is 0. The summed E-state index contributed by atoms with van der Waals surface area (Å²) in [6.07, 6.45) is 4.77. The zero-order valence-electron chi connectivity index (χ0n) is 10.5. The lowest BCUT2D eigenvalue weighted by molar-refractivity contribution is -0.149. The third-order valence-corrected chi connectivity index (χ3v) is 3.70. The lowest BCUT2D eigenvalue weighted by Gasteiger charge is -2.32. The van der Waals surface area contributed by atoms with Crippen LogP contribution in [-0.4, -0.2) is 33.3 Å². The summed E-state index contributed by atoms with van der Waals surface area (Å²) in [4.78, 5) is 36.5. The molecule has 0 radical (unpaired) electrons. The van der Waals surface area contributed by atoms with Crippen molar-refractivity contribution in [2.75, 3.05) is 0 Å². The summed E-state index contributed by atoms with van der Waals surface area (Å²) < 4.78 is 0. The Kier molecular flexibility index (Phi) is 3.00. The van der Waals surface area contributed by atoms with Crippen LogP contribution in [-0.2, 0) is 14.4 Å². The molecule has 2 unspecified atom stereocenters. The lowest BCUT2D eigenvalue weighted by atomic mass is 9.85. The summed E-state index contributed by atoms with van der Waals surface area (Å²) in [5, 5.41) is 8.88. The van der Waals surface area contributed by atoms with Crippen molar-refractivity contribution in [3.05, 3.63) is 12.2 Å². The van der Waals surface area contributed by atoms with Crippen LogP contribution in [0.25, 0.3) is 0 Å². The van der Waals surface area contributed by atoms with E-state index in [4.69, 9.17) is 5.11 Å². The lowest BCUT2D eigenvalue weighted by Crippen LogP contribution is -2.49. The number of hydrogen-bond donors (Lipinski definition) is 1. The zero-order valence-corrected chi connectivity index (χ0v) is 10.5. The molecule has 0 spiro atoms. The van der Waals surface area contributed by atoms with E-state index < -0.39 is 11.5 Å². The van der Waals surface area contributed by atoms with Crippen LogP contribution in [0, 0.1) is 11.8 Å². The quantitative estimate of drug-likeness (QED) is 0.604. The maximum Gasteiger partial charge on any atom is 0.305 e. The number of hydrogen-bond acceptors (Lipinski definition) is 3. The molecule has 0 aromatic rings. The first-order valence-electron chi connectivity index (χ1n) is 6.09. The smallest absolute Gasteiger partial charge is 0.305 e. The monoisotopic (exact) mass is 251 g/mol. The molecule has 2 amide bonds. The van der Waals surface area contributed by atoms with Crippen LogP contribution in [0.1, 0.15) is 33.1 Å². The third kappa shape index (κ3) is 1.94. The average molecular weight is 251 g/mol. The highest BCUT2D eigenvalue weighted by molar-refractivity contribution is 6.06. The highest BCUT2D eigenvalue weighted by Crippen LogP contribution is 2.39. The maximum absolute atomic E-state index is 12.3. The minimum Gasteiger partial charge on any atom is -0.481 e. The van der Waals surface area contributed by atoms with Gasteiger partial charge in [-0.15, -0.1) is 0 Å². The number of aliphatic carboxylic acids is 1. The molecule has 5 nitrogen and oxygen atoms in total. The Balaban J connectivity index is 2.27. The second-order valence-electron chi connectivity index (χ2n) is 5.55. The van der Waals surface area contributed by atoms with E-state index in [1.54, 1.807) is 13.8 Å². The molecule has 98 valence electrons. The van der Waals surface area contributed by atoms with E-state index >= 15 is 0 Å². The molecule has 1 heterocycles. The van der Waals surface area contributed by atoms with E-state index in [2.05, 4.69) is 0 Å². The van der Waals surface area contributed by atoms with Gasteiger partial charge in [0.05, 0.1) is 23.8 Å². The summed E-state index contributed by atoms with van der Waals surface area (Å²) in [7, 11) is 0. The summed E-state index contributed by atoms with van der Waals surface area (Å²) in [5.41, 5.74) is -0.961. The van der Waals surface area contributed by atoms with Crippen molar-refractivity contribution < 1.29 is 19.5 Å². The molecule has 0 bridgehead atoms. The van der Waals surface area contributed by atoms with Gasteiger partial charge in [-0.1, -0.05) is 12.2 Å². The van der Waals surface area contributed by atoms with Gasteiger partial charge in [-0.25, -0.2) is 0 Å². The van der Waals surface area contributed by atoms with Crippen molar-refractivity contribution >= 4 is 17.8 Å². The molecule has 0 aromatic heterocycles. The number of carboxylic acid groups (broad SMARTS) is 1. The number of fused-ring (bicyclic) bond motifs is 1. The molecule has 1 aliphatic carbocycles. The topological polar surface area (TPSA) is 74.7 Å². The summed E-state index contributed by atoms with van der Waals surface area (Å²) >= 11 is 0. The minimum atomic E-state index is -1.01. The Labute approximate surface area is 105 Å². The van der Waals surface area contributed by atoms with Crippen molar-refractivity contribution in [2.45, 2.75) is 38.6 Å². The molecule has 5 heteroatoms. The van der Waals surface area contributed by atoms with E-state index in [0.717, 1.165) is 0 Å². The van der Waals surface area contributed by atoms with Crippen LogP contribution in [0.5, 0.6) is 0 Å². The number of amides is 2. The largest absolute Gasteiger partial charge is 0.481 e. The number of rotatable bonds is 3. The SMILES string of the molecule is CC(C)(CC(=O)O)N1C(=O)C2CC=CCC2C1=O. The zero-order chi connectivity index (χ0) is 13.5. The van der Waals surface area contributed by atoms with Crippen LogP contribution in [0.2, 0.25) is 0 Å². The standard InChI is InChI=1S/C13H17NO4/c1-13(2,7-10(15)16)14-11(17)8-5-3-4-6-9(8)12(14)18/h3-4,8-9H,5-7H2,1-2H3,(H,15,16). The van der Waals surface area contributed by atoms with Gasteiger partial charge in [-0.2, -0.15) is 0 Å². The normalized spacial score (nSPS) is 27.6. The number of carboxylic acids is 1. The predicted molar refractivity (Wildman–Crippen MR) is 63.5 cm³/mol. The van der Waals surface area contributed by atoms with Crippen molar-refractivity contribution in [1.29, 1.82) is 0 Å². The molecule has 0 saturated carbocycles. The first-order valence-corrected chi connectivity index (χ1v) is 6.09. The number of carbonyl (C=O) groups excluding carboxylic acids is 2. The molecule has 1 fully saturated rings. The van der Waals surface area contributed by atoms with E-state index in [-0.39, 0.29) is 30.1 Å². The highest BCUT2D eigenvalue weighted by atomic mass is 16.4. The van der Waals surface area contributed by atoms with Crippen molar-refractivity contribution in [3.63, 3.8) is 0 Å². The molecule has 1 saturated heterocycles. The second kappa shape index (κ2) is 4.23. The number of carbonyl (C=O) groups is 3. The second-order valence-corrected chi connectivity index (χ2v) is 5.55.